The monoisotopic (exact) mass is 262 g/mol. The van der Waals surface area contributed by atoms with E-state index in [1.165, 1.54) is 6.42 Å². The van der Waals surface area contributed by atoms with Crippen molar-refractivity contribution in [3.05, 3.63) is 18.1 Å². The Kier molecular flexibility index (Phi) is 4.35. The number of nitrogens with zero attached hydrogens (tertiary/aromatic N) is 3. The summed E-state index contributed by atoms with van der Waals surface area (Å²) in [6, 6.07) is 0.291. The van der Waals surface area contributed by atoms with Gasteiger partial charge in [-0.25, -0.2) is 9.97 Å². The van der Waals surface area contributed by atoms with Crippen LogP contribution in [0.5, 0.6) is 0 Å². The molecule has 1 aliphatic heterocycles. The predicted octanol–water partition coefficient (Wildman–Crippen LogP) is 2.17. The van der Waals surface area contributed by atoms with Gasteiger partial charge >= 0.3 is 0 Å². The van der Waals surface area contributed by atoms with Crippen molar-refractivity contribution < 1.29 is 4.79 Å². The molecule has 0 aliphatic carbocycles. The van der Waals surface area contributed by atoms with E-state index >= 15 is 0 Å². The van der Waals surface area contributed by atoms with Crippen molar-refractivity contribution in [2.75, 3.05) is 18.4 Å². The molecule has 1 N–H and O–H groups in total. The number of carbonyl (C=O) groups is 1. The van der Waals surface area contributed by atoms with Gasteiger partial charge in [-0.05, 0) is 32.6 Å². The Balaban J connectivity index is 2.09. The maximum Gasteiger partial charge on any atom is 0.274 e. The largest absolute Gasteiger partial charge is 0.369 e. The van der Waals surface area contributed by atoms with Gasteiger partial charge < -0.3 is 10.2 Å². The first-order chi connectivity index (χ1) is 9.11. The molecule has 0 radical (unpaired) electrons. The van der Waals surface area contributed by atoms with Crippen molar-refractivity contribution in [3.8, 4) is 0 Å². The Bertz CT molecular complexity index is 432. The van der Waals surface area contributed by atoms with E-state index in [1.54, 1.807) is 12.4 Å². The van der Waals surface area contributed by atoms with Gasteiger partial charge in [-0.1, -0.05) is 6.92 Å². The molecular weight excluding hydrogens is 240 g/mol. The van der Waals surface area contributed by atoms with Gasteiger partial charge in [-0.15, -0.1) is 0 Å². The van der Waals surface area contributed by atoms with Crippen molar-refractivity contribution in [1.29, 1.82) is 0 Å². The molecule has 104 valence electrons. The van der Waals surface area contributed by atoms with E-state index < -0.39 is 0 Å². The van der Waals surface area contributed by atoms with Gasteiger partial charge in [0, 0.05) is 19.1 Å². The fraction of sp³-hybridized carbons (Fsp3) is 0.643. The van der Waals surface area contributed by atoms with Crippen molar-refractivity contribution >= 4 is 11.7 Å². The highest BCUT2D eigenvalue weighted by Crippen LogP contribution is 2.22. The highest BCUT2D eigenvalue weighted by Gasteiger charge is 2.28. The summed E-state index contributed by atoms with van der Waals surface area (Å²) in [5, 5.41) is 3.07. The van der Waals surface area contributed by atoms with Crippen LogP contribution in [-0.4, -0.2) is 39.9 Å². The lowest BCUT2D eigenvalue weighted by atomic mass is 9.95. The fourth-order valence-electron chi connectivity index (χ4n) is 2.43. The molecule has 2 atom stereocenters. The summed E-state index contributed by atoms with van der Waals surface area (Å²) in [6.07, 6.45) is 5.44. The third-order valence-electron chi connectivity index (χ3n) is 3.61. The zero-order chi connectivity index (χ0) is 13.8. The lowest BCUT2D eigenvalue weighted by Crippen LogP contribution is -2.45. The molecule has 5 heteroatoms. The molecule has 2 heterocycles. The van der Waals surface area contributed by atoms with Crippen LogP contribution in [0.2, 0.25) is 0 Å². The van der Waals surface area contributed by atoms with Gasteiger partial charge in [0.05, 0.1) is 12.4 Å². The molecule has 2 rings (SSSR count). The zero-order valence-corrected chi connectivity index (χ0v) is 11.9. The zero-order valence-electron chi connectivity index (χ0n) is 11.9. The third-order valence-corrected chi connectivity index (χ3v) is 3.61. The number of carbonyl (C=O) groups excluding carboxylic acids is 1. The predicted molar refractivity (Wildman–Crippen MR) is 75.1 cm³/mol. The number of hydrogen-bond acceptors (Lipinski definition) is 4. The van der Waals surface area contributed by atoms with Crippen molar-refractivity contribution in [1.82, 2.24) is 14.9 Å². The number of likely N-dealkylation sites (tertiary alicyclic amines) is 1. The molecule has 5 nitrogen and oxygen atoms in total. The summed E-state index contributed by atoms with van der Waals surface area (Å²) >= 11 is 0. The standard InChI is InChI=1S/C14H22N4O/c1-4-15-13-8-16-12(7-17-13)14(19)18-9-10(2)5-6-11(18)3/h7-8,10-11H,4-6,9H2,1-3H3,(H,15,17). The molecule has 0 spiro atoms. The number of hydrogen-bond donors (Lipinski definition) is 1. The molecule has 1 saturated heterocycles. The van der Waals surface area contributed by atoms with Gasteiger partial charge in [0.15, 0.2) is 0 Å². The summed E-state index contributed by atoms with van der Waals surface area (Å²) in [4.78, 5) is 22.8. The second kappa shape index (κ2) is 5.99. The van der Waals surface area contributed by atoms with E-state index in [9.17, 15) is 4.79 Å². The highest BCUT2D eigenvalue weighted by atomic mass is 16.2. The molecular formula is C14H22N4O. The Hall–Kier alpha value is -1.65. The highest BCUT2D eigenvalue weighted by molar-refractivity contribution is 5.92. The second-order valence-corrected chi connectivity index (χ2v) is 5.31. The summed E-state index contributed by atoms with van der Waals surface area (Å²) in [7, 11) is 0. The molecule has 1 fully saturated rings. The summed E-state index contributed by atoms with van der Waals surface area (Å²) in [5.41, 5.74) is 0.433. The summed E-state index contributed by atoms with van der Waals surface area (Å²) in [5.74, 6) is 1.27. The molecule has 0 saturated carbocycles. The first kappa shape index (κ1) is 13.8. The minimum Gasteiger partial charge on any atom is -0.369 e. The van der Waals surface area contributed by atoms with Gasteiger partial charge in [-0.3, -0.25) is 4.79 Å². The number of piperidine rings is 1. The van der Waals surface area contributed by atoms with Crippen molar-refractivity contribution in [3.63, 3.8) is 0 Å². The van der Waals surface area contributed by atoms with Crippen molar-refractivity contribution in [2.45, 2.75) is 39.7 Å². The molecule has 2 unspecified atom stereocenters. The maximum absolute atomic E-state index is 12.4. The number of amides is 1. The van der Waals surface area contributed by atoms with Gasteiger partial charge in [0.25, 0.3) is 5.91 Å². The quantitative estimate of drug-likeness (QED) is 0.907. The SMILES string of the molecule is CCNc1cnc(C(=O)N2CC(C)CCC2C)cn1. The van der Waals surface area contributed by atoms with Gasteiger partial charge in [0.2, 0.25) is 0 Å². The van der Waals surface area contributed by atoms with Crippen LogP contribution in [0.25, 0.3) is 0 Å². The third kappa shape index (κ3) is 3.22. The van der Waals surface area contributed by atoms with Crippen LogP contribution in [0.15, 0.2) is 12.4 Å². The van der Waals surface area contributed by atoms with Crippen LogP contribution in [0.3, 0.4) is 0 Å². The number of aromatic nitrogens is 2. The first-order valence-electron chi connectivity index (χ1n) is 6.98. The topological polar surface area (TPSA) is 58.1 Å². The van der Waals surface area contributed by atoms with Crippen LogP contribution < -0.4 is 5.32 Å². The molecule has 1 aromatic heterocycles. The van der Waals surface area contributed by atoms with Crippen molar-refractivity contribution in [2.24, 2.45) is 5.92 Å². The molecule has 1 aliphatic rings. The van der Waals surface area contributed by atoms with Gasteiger partial charge in [-0.2, -0.15) is 0 Å². The fourth-order valence-corrected chi connectivity index (χ4v) is 2.43. The van der Waals surface area contributed by atoms with Crippen LogP contribution >= 0.6 is 0 Å². The van der Waals surface area contributed by atoms with Gasteiger partial charge in [0.1, 0.15) is 11.5 Å². The minimum atomic E-state index is -0.00500. The van der Waals surface area contributed by atoms with E-state index in [4.69, 9.17) is 0 Å². The van der Waals surface area contributed by atoms with E-state index in [2.05, 4.69) is 29.1 Å². The first-order valence-corrected chi connectivity index (χ1v) is 6.98. The average Bonchev–Trinajstić information content (AvgIpc) is 2.42. The molecule has 0 aromatic carbocycles. The number of nitrogens with one attached hydrogen (secondary N) is 1. The van der Waals surface area contributed by atoms with Crippen LogP contribution in [0.1, 0.15) is 44.1 Å². The second-order valence-electron chi connectivity index (χ2n) is 5.31. The average molecular weight is 262 g/mol. The number of rotatable bonds is 3. The summed E-state index contributed by atoms with van der Waals surface area (Å²) < 4.78 is 0. The van der Waals surface area contributed by atoms with E-state index in [1.807, 2.05) is 11.8 Å². The molecule has 1 aromatic rings. The van der Waals surface area contributed by atoms with Crippen LogP contribution in [0.4, 0.5) is 5.82 Å². The summed E-state index contributed by atoms with van der Waals surface area (Å²) in [6.45, 7) is 7.90. The molecule has 19 heavy (non-hydrogen) atoms. The smallest absolute Gasteiger partial charge is 0.274 e. The number of anilines is 1. The molecule has 1 amide bonds. The lowest BCUT2D eigenvalue weighted by molar-refractivity contribution is 0.0567. The lowest BCUT2D eigenvalue weighted by Gasteiger charge is -2.36. The minimum absolute atomic E-state index is 0.00500. The van der Waals surface area contributed by atoms with Crippen LogP contribution in [0, 0.1) is 5.92 Å². The normalized spacial score (nSPS) is 23.2. The van der Waals surface area contributed by atoms with Crippen LogP contribution in [-0.2, 0) is 0 Å². The van der Waals surface area contributed by atoms with E-state index in [0.29, 0.717) is 23.5 Å². The Labute approximate surface area is 114 Å². The maximum atomic E-state index is 12.4. The Morgan fingerprint density at radius 1 is 1.37 bits per heavy atom. The molecule has 0 bridgehead atoms. The Morgan fingerprint density at radius 3 is 2.79 bits per heavy atom. The van der Waals surface area contributed by atoms with E-state index in [-0.39, 0.29) is 5.91 Å². The van der Waals surface area contributed by atoms with E-state index in [0.717, 1.165) is 19.5 Å². The Morgan fingerprint density at radius 2 is 2.16 bits per heavy atom.